The summed E-state index contributed by atoms with van der Waals surface area (Å²) in [5, 5.41) is 0. The third-order valence-electron chi connectivity index (χ3n) is 6.40. The van der Waals surface area contributed by atoms with Crippen molar-refractivity contribution < 1.29 is 13.9 Å². The van der Waals surface area contributed by atoms with E-state index in [0.29, 0.717) is 49.7 Å². The second-order valence-electron chi connectivity index (χ2n) is 8.46. The van der Waals surface area contributed by atoms with E-state index in [9.17, 15) is 9.18 Å². The van der Waals surface area contributed by atoms with Crippen molar-refractivity contribution in [2.45, 2.75) is 6.54 Å². The van der Waals surface area contributed by atoms with E-state index in [1.54, 1.807) is 19.4 Å². The fourth-order valence-corrected chi connectivity index (χ4v) is 4.56. The Morgan fingerprint density at radius 2 is 1.85 bits per heavy atom. The number of carbonyl (C=O) groups excluding carboxylic acids is 1. The molecule has 34 heavy (non-hydrogen) atoms. The number of rotatable bonds is 5. The molecule has 3 aromatic rings. The van der Waals surface area contributed by atoms with Gasteiger partial charge in [0.25, 0.3) is 5.91 Å². The number of piperazine rings is 1. The molecule has 0 N–H and O–H groups in total. The van der Waals surface area contributed by atoms with Gasteiger partial charge in [-0.2, -0.15) is 0 Å². The van der Waals surface area contributed by atoms with Crippen LogP contribution in [0.25, 0.3) is 6.08 Å². The monoisotopic (exact) mass is 458 g/mol. The number of halogens is 1. The van der Waals surface area contributed by atoms with Crippen LogP contribution in [-0.2, 0) is 6.54 Å². The zero-order valence-electron chi connectivity index (χ0n) is 19.2. The number of amides is 1. The lowest BCUT2D eigenvalue weighted by Gasteiger charge is -2.35. The molecule has 1 amide bonds. The number of ether oxygens (including phenoxy) is 1. The van der Waals surface area contributed by atoms with Gasteiger partial charge in [-0.05, 0) is 42.0 Å². The maximum Gasteiger partial charge on any atom is 0.254 e. The summed E-state index contributed by atoms with van der Waals surface area (Å²) in [5.41, 5.74) is 4.24. The van der Waals surface area contributed by atoms with Crippen LogP contribution in [-0.4, -0.2) is 60.5 Å². The van der Waals surface area contributed by atoms with Crippen molar-refractivity contribution in [1.82, 2.24) is 14.8 Å². The number of fused-ring (bicyclic) bond motifs is 1. The molecule has 0 atom stereocenters. The molecular weight excluding hydrogens is 431 g/mol. The molecule has 3 heterocycles. The van der Waals surface area contributed by atoms with Gasteiger partial charge in [-0.3, -0.25) is 14.7 Å². The number of pyridine rings is 1. The van der Waals surface area contributed by atoms with Crippen LogP contribution in [0.2, 0.25) is 0 Å². The number of nitrogens with zero attached hydrogens (tertiary/aromatic N) is 4. The fraction of sp³-hybridized carbons (Fsp3) is 0.259. The molecule has 0 saturated carbocycles. The van der Waals surface area contributed by atoms with Crippen molar-refractivity contribution in [3.8, 4) is 5.75 Å². The molecule has 2 aliphatic rings. The van der Waals surface area contributed by atoms with Gasteiger partial charge < -0.3 is 14.5 Å². The van der Waals surface area contributed by atoms with Gasteiger partial charge in [0.05, 0.1) is 18.5 Å². The van der Waals surface area contributed by atoms with E-state index in [4.69, 9.17) is 4.74 Å². The highest BCUT2D eigenvalue weighted by atomic mass is 19.1. The minimum Gasteiger partial charge on any atom is -0.495 e. The smallest absolute Gasteiger partial charge is 0.254 e. The van der Waals surface area contributed by atoms with E-state index in [1.807, 2.05) is 35.2 Å². The van der Waals surface area contributed by atoms with Crippen LogP contribution >= 0.6 is 0 Å². The summed E-state index contributed by atoms with van der Waals surface area (Å²) < 4.78 is 19.6. The van der Waals surface area contributed by atoms with E-state index in [-0.39, 0.29) is 11.7 Å². The predicted molar refractivity (Wildman–Crippen MR) is 131 cm³/mol. The molecule has 2 aliphatic heterocycles. The molecule has 2 aromatic carbocycles. The number of hydrogen-bond donors (Lipinski definition) is 0. The zero-order valence-corrected chi connectivity index (χ0v) is 19.2. The molecule has 1 aromatic heterocycles. The highest BCUT2D eigenvalue weighted by molar-refractivity contribution is 5.96. The minimum absolute atomic E-state index is 0.0209. The lowest BCUT2D eigenvalue weighted by molar-refractivity contribution is 0.0625. The Hall–Kier alpha value is -3.71. The molecule has 0 spiro atoms. The van der Waals surface area contributed by atoms with Gasteiger partial charge >= 0.3 is 0 Å². The molecule has 0 unspecified atom stereocenters. The number of methoxy groups -OCH3 is 1. The number of aromatic nitrogens is 1. The molecule has 0 radical (unpaired) electrons. The molecule has 7 heteroatoms. The first-order chi connectivity index (χ1) is 16.6. The summed E-state index contributed by atoms with van der Waals surface area (Å²) in [5.74, 6) is 0.354. The maximum absolute atomic E-state index is 13.9. The van der Waals surface area contributed by atoms with Gasteiger partial charge in [0.15, 0.2) is 0 Å². The molecule has 0 bridgehead atoms. The summed E-state index contributed by atoms with van der Waals surface area (Å²) in [7, 11) is 1.63. The lowest BCUT2D eigenvalue weighted by atomic mass is 10.1. The van der Waals surface area contributed by atoms with E-state index < -0.39 is 0 Å². The largest absolute Gasteiger partial charge is 0.495 e. The summed E-state index contributed by atoms with van der Waals surface area (Å²) in [6, 6.07) is 16.9. The third-order valence-corrected chi connectivity index (χ3v) is 6.40. The third kappa shape index (κ3) is 4.39. The van der Waals surface area contributed by atoms with E-state index in [1.165, 1.54) is 6.07 Å². The van der Waals surface area contributed by atoms with Crippen LogP contribution in [0.4, 0.5) is 15.8 Å². The molecule has 1 saturated heterocycles. The lowest BCUT2D eigenvalue weighted by Crippen LogP contribution is -2.48. The second kappa shape index (κ2) is 9.65. The van der Waals surface area contributed by atoms with E-state index in [2.05, 4.69) is 39.1 Å². The summed E-state index contributed by atoms with van der Waals surface area (Å²) in [6.45, 7) is 3.70. The van der Waals surface area contributed by atoms with Gasteiger partial charge in [-0.15, -0.1) is 0 Å². The van der Waals surface area contributed by atoms with Gasteiger partial charge in [-0.1, -0.05) is 30.4 Å². The average molecular weight is 459 g/mol. The highest BCUT2D eigenvalue weighted by Gasteiger charge is 2.25. The number of para-hydroxylation sites is 1. The van der Waals surface area contributed by atoms with E-state index in [0.717, 1.165) is 23.5 Å². The first-order valence-corrected chi connectivity index (χ1v) is 11.5. The topological polar surface area (TPSA) is 48.9 Å². The first kappa shape index (κ1) is 22.1. The van der Waals surface area contributed by atoms with Crippen molar-refractivity contribution in [2.24, 2.45) is 0 Å². The average Bonchev–Trinajstić information content (AvgIpc) is 2.89. The molecule has 0 aliphatic carbocycles. The quantitative estimate of drug-likeness (QED) is 0.569. The Morgan fingerprint density at radius 1 is 1.03 bits per heavy atom. The van der Waals surface area contributed by atoms with Crippen LogP contribution in [0.3, 0.4) is 0 Å². The van der Waals surface area contributed by atoms with Crippen LogP contribution in [0.1, 0.15) is 21.6 Å². The maximum atomic E-state index is 13.9. The zero-order chi connectivity index (χ0) is 23.5. The van der Waals surface area contributed by atoms with Crippen molar-refractivity contribution in [1.29, 1.82) is 0 Å². The number of hydrogen-bond acceptors (Lipinski definition) is 5. The van der Waals surface area contributed by atoms with Crippen molar-refractivity contribution in [3.63, 3.8) is 0 Å². The van der Waals surface area contributed by atoms with Gasteiger partial charge in [0.1, 0.15) is 11.6 Å². The van der Waals surface area contributed by atoms with Crippen LogP contribution in [0.15, 0.2) is 66.9 Å². The standard InChI is InChI=1S/C27H27FN4O2/c1-34-26-18-21(10-11-25(26)32-13-5-7-20-6-2-3-9-24(20)32)27(33)31-16-14-30(15-17-31)19-23-22(28)8-4-12-29-23/h2-12,18H,13-17,19H2,1H3. The fourth-order valence-electron chi connectivity index (χ4n) is 4.56. The summed E-state index contributed by atoms with van der Waals surface area (Å²) >= 11 is 0. The Kier molecular flexibility index (Phi) is 6.27. The van der Waals surface area contributed by atoms with Crippen molar-refractivity contribution in [3.05, 3.63) is 89.5 Å². The molecule has 1 fully saturated rings. The summed E-state index contributed by atoms with van der Waals surface area (Å²) in [4.78, 5) is 23.5. The number of carbonyl (C=O) groups is 1. The van der Waals surface area contributed by atoms with Gasteiger partial charge in [-0.25, -0.2) is 4.39 Å². The van der Waals surface area contributed by atoms with Crippen molar-refractivity contribution in [2.75, 3.05) is 44.7 Å². The van der Waals surface area contributed by atoms with Crippen LogP contribution in [0, 0.1) is 5.82 Å². The minimum atomic E-state index is -0.292. The number of anilines is 2. The first-order valence-electron chi connectivity index (χ1n) is 11.5. The van der Waals surface area contributed by atoms with Gasteiger partial charge in [0, 0.05) is 56.7 Å². The Morgan fingerprint density at radius 3 is 2.65 bits per heavy atom. The van der Waals surface area contributed by atoms with Crippen LogP contribution < -0.4 is 9.64 Å². The van der Waals surface area contributed by atoms with Gasteiger partial charge in [0.2, 0.25) is 0 Å². The second-order valence-corrected chi connectivity index (χ2v) is 8.46. The number of benzene rings is 2. The Bertz CT molecular complexity index is 1220. The van der Waals surface area contributed by atoms with Crippen molar-refractivity contribution >= 4 is 23.4 Å². The van der Waals surface area contributed by atoms with Crippen LogP contribution in [0.5, 0.6) is 5.75 Å². The molecule has 6 nitrogen and oxygen atoms in total. The predicted octanol–water partition coefficient (Wildman–Crippen LogP) is 4.35. The summed E-state index contributed by atoms with van der Waals surface area (Å²) in [6.07, 6.45) is 5.85. The SMILES string of the molecule is COc1cc(C(=O)N2CCN(Cc3ncccc3F)CC2)ccc1N1CC=Cc2ccccc21. The molecule has 174 valence electrons. The molecule has 5 rings (SSSR count). The normalized spacial score (nSPS) is 15.8. The molecular formula is C27H27FN4O2. The highest BCUT2D eigenvalue weighted by Crippen LogP contribution is 2.38. The van der Waals surface area contributed by atoms with E-state index >= 15 is 0 Å². The Balaban J connectivity index is 1.28. The Labute approximate surface area is 198 Å².